The SMILES string of the molecule is CCCCCCCCCN1[C@@H]([C@@H](O)CO)[C@H](O)[C@H](O)[C@@H]1C. The summed E-state index contributed by atoms with van der Waals surface area (Å²) < 4.78 is 0. The second kappa shape index (κ2) is 9.74. The highest BCUT2D eigenvalue weighted by atomic mass is 16.3. The Kier molecular flexibility index (Phi) is 8.74. The van der Waals surface area contributed by atoms with Gasteiger partial charge in [-0.1, -0.05) is 45.4 Å². The van der Waals surface area contributed by atoms with E-state index in [1.165, 1.54) is 32.1 Å². The Morgan fingerprint density at radius 1 is 0.952 bits per heavy atom. The summed E-state index contributed by atoms with van der Waals surface area (Å²) in [5.74, 6) is 0. The maximum absolute atomic E-state index is 10.0. The second-order valence-corrected chi connectivity index (χ2v) is 6.32. The summed E-state index contributed by atoms with van der Waals surface area (Å²) in [4.78, 5) is 1.95. The van der Waals surface area contributed by atoms with Crippen LogP contribution in [0.15, 0.2) is 0 Å². The van der Waals surface area contributed by atoms with E-state index in [0.29, 0.717) is 0 Å². The van der Waals surface area contributed by atoms with Crippen molar-refractivity contribution in [3.8, 4) is 0 Å². The summed E-state index contributed by atoms with van der Waals surface area (Å²) in [5.41, 5.74) is 0. The fraction of sp³-hybridized carbons (Fsp3) is 1.00. The Morgan fingerprint density at radius 3 is 2.10 bits per heavy atom. The van der Waals surface area contributed by atoms with Crippen molar-refractivity contribution in [2.45, 2.75) is 89.2 Å². The Bertz CT molecular complexity index is 277. The van der Waals surface area contributed by atoms with Gasteiger partial charge < -0.3 is 20.4 Å². The molecule has 5 atom stereocenters. The molecule has 0 radical (unpaired) electrons. The number of hydrogen-bond donors (Lipinski definition) is 4. The number of aliphatic hydroxyl groups is 4. The molecular formula is C16H33NO4. The summed E-state index contributed by atoms with van der Waals surface area (Å²) in [6.07, 6.45) is 5.56. The molecule has 4 N–H and O–H groups in total. The largest absolute Gasteiger partial charge is 0.394 e. The minimum absolute atomic E-state index is 0.189. The number of nitrogens with zero attached hydrogens (tertiary/aromatic N) is 1. The van der Waals surface area contributed by atoms with Crippen LogP contribution in [0.25, 0.3) is 0 Å². The van der Waals surface area contributed by atoms with E-state index in [1.54, 1.807) is 0 Å². The maximum atomic E-state index is 10.0. The molecule has 1 heterocycles. The third-order valence-electron chi connectivity index (χ3n) is 4.70. The summed E-state index contributed by atoms with van der Waals surface area (Å²) >= 11 is 0. The summed E-state index contributed by atoms with van der Waals surface area (Å²) in [6, 6.07) is -0.758. The molecule has 0 aliphatic carbocycles. The van der Waals surface area contributed by atoms with Gasteiger partial charge in [0, 0.05) is 6.04 Å². The molecule has 0 amide bonds. The second-order valence-electron chi connectivity index (χ2n) is 6.32. The summed E-state index contributed by atoms with van der Waals surface area (Å²) in [7, 11) is 0. The van der Waals surface area contributed by atoms with E-state index < -0.39 is 31.0 Å². The van der Waals surface area contributed by atoms with Crippen LogP contribution >= 0.6 is 0 Å². The van der Waals surface area contributed by atoms with Crippen LogP contribution in [0.1, 0.15) is 58.8 Å². The fourth-order valence-electron chi connectivity index (χ4n) is 3.31. The van der Waals surface area contributed by atoms with Crippen molar-refractivity contribution in [2.24, 2.45) is 0 Å². The first-order valence-electron chi connectivity index (χ1n) is 8.45. The molecule has 0 bridgehead atoms. The molecule has 1 fully saturated rings. The highest BCUT2D eigenvalue weighted by Gasteiger charge is 2.47. The van der Waals surface area contributed by atoms with Crippen LogP contribution < -0.4 is 0 Å². The van der Waals surface area contributed by atoms with Crippen LogP contribution in [-0.2, 0) is 0 Å². The Hall–Kier alpha value is -0.200. The van der Waals surface area contributed by atoms with Gasteiger partial charge in [0.1, 0.15) is 0 Å². The fourth-order valence-corrected chi connectivity index (χ4v) is 3.31. The molecule has 0 saturated carbocycles. The van der Waals surface area contributed by atoms with E-state index >= 15 is 0 Å². The average Bonchev–Trinajstić information content (AvgIpc) is 2.70. The molecule has 5 heteroatoms. The molecule has 1 aliphatic rings. The Balaban J connectivity index is 2.36. The van der Waals surface area contributed by atoms with Gasteiger partial charge in [-0.05, 0) is 19.9 Å². The summed E-state index contributed by atoms with van der Waals surface area (Å²) in [5, 5.41) is 39.0. The molecule has 21 heavy (non-hydrogen) atoms. The lowest BCUT2D eigenvalue weighted by Gasteiger charge is -2.31. The van der Waals surface area contributed by atoms with E-state index in [-0.39, 0.29) is 6.04 Å². The number of rotatable bonds is 10. The molecule has 126 valence electrons. The van der Waals surface area contributed by atoms with Crippen LogP contribution in [0.3, 0.4) is 0 Å². The molecule has 1 aliphatic heterocycles. The van der Waals surface area contributed by atoms with E-state index in [2.05, 4.69) is 6.92 Å². The molecule has 0 unspecified atom stereocenters. The third kappa shape index (κ3) is 5.18. The predicted molar refractivity (Wildman–Crippen MR) is 83.1 cm³/mol. The Labute approximate surface area is 128 Å². The quantitative estimate of drug-likeness (QED) is 0.450. The minimum Gasteiger partial charge on any atom is -0.394 e. The molecular weight excluding hydrogens is 270 g/mol. The van der Waals surface area contributed by atoms with Crippen LogP contribution in [0.2, 0.25) is 0 Å². The van der Waals surface area contributed by atoms with Crippen molar-refractivity contribution in [1.82, 2.24) is 4.90 Å². The van der Waals surface area contributed by atoms with Crippen LogP contribution in [0, 0.1) is 0 Å². The maximum Gasteiger partial charge on any atom is 0.0995 e. The first kappa shape index (κ1) is 18.8. The van der Waals surface area contributed by atoms with Gasteiger partial charge >= 0.3 is 0 Å². The van der Waals surface area contributed by atoms with Gasteiger partial charge in [-0.3, -0.25) is 4.90 Å². The smallest absolute Gasteiger partial charge is 0.0995 e. The van der Waals surface area contributed by atoms with E-state index in [4.69, 9.17) is 5.11 Å². The van der Waals surface area contributed by atoms with Crippen molar-refractivity contribution in [1.29, 1.82) is 0 Å². The first-order chi connectivity index (χ1) is 10.0. The van der Waals surface area contributed by atoms with Gasteiger partial charge in [0.25, 0.3) is 0 Å². The lowest BCUT2D eigenvalue weighted by molar-refractivity contribution is -0.0306. The zero-order chi connectivity index (χ0) is 15.8. The topological polar surface area (TPSA) is 84.2 Å². The van der Waals surface area contributed by atoms with Crippen molar-refractivity contribution in [2.75, 3.05) is 13.2 Å². The van der Waals surface area contributed by atoms with Crippen molar-refractivity contribution in [3.05, 3.63) is 0 Å². The minimum atomic E-state index is -1.01. The molecule has 1 rings (SSSR count). The summed E-state index contributed by atoms with van der Waals surface area (Å²) in [6.45, 7) is 4.41. The first-order valence-corrected chi connectivity index (χ1v) is 8.45. The van der Waals surface area contributed by atoms with Crippen molar-refractivity contribution in [3.63, 3.8) is 0 Å². The molecule has 1 saturated heterocycles. The predicted octanol–water partition coefficient (Wildman–Crippen LogP) is 0.885. The number of unbranched alkanes of at least 4 members (excludes halogenated alkanes) is 6. The van der Waals surface area contributed by atoms with Crippen molar-refractivity contribution >= 4 is 0 Å². The lowest BCUT2D eigenvalue weighted by Crippen LogP contribution is -2.48. The lowest BCUT2D eigenvalue weighted by atomic mass is 10.0. The van der Waals surface area contributed by atoms with E-state index in [0.717, 1.165) is 19.4 Å². The van der Waals surface area contributed by atoms with Gasteiger partial charge in [-0.2, -0.15) is 0 Å². The van der Waals surface area contributed by atoms with Crippen LogP contribution in [0.4, 0.5) is 0 Å². The van der Waals surface area contributed by atoms with Crippen LogP contribution in [0.5, 0.6) is 0 Å². The normalized spacial score (nSPS) is 31.7. The molecule has 0 aromatic heterocycles. The molecule has 5 nitrogen and oxygen atoms in total. The van der Waals surface area contributed by atoms with Crippen LogP contribution in [-0.4, -0.2) is 68.9 Å². The monoisotopic (exact) mass is 303 g/mol. The molecule has 0 aromatic carbocycles. The van der Waals surface area contributed by atoms with Gasteiger partial charge in [0.15, 0.2) is 0 Å². The number of aliphatic hydroxyl groups excluding tert-OH is 4. The average molecular weight is 303 g/mol. The van der Waals surface area contributed by atoms with E-state index in [9.17, 15) is 15.3 Å². The van der Waals surface area contributed by atoms with Gasteiger partial charge in [-0.25, -0.2) is 0 Å². The zero-order valence-electron chi connectivity index (χ0n) is 13.5. The Morgan fingerprint density at radius 2 is 1.52 bits per heavy atom. The highest BCUT2D eigenvalue weighted by Crippen LogP contribution is 2.28. The van der Waals surface area contributed by atoms with Gasteiger partial charge in [-0.15, -0.1) is 0 Å². The zero-order valence-corrected chi connectivity index (χ0v) is 13.5. The standard InChI is InChI=1S/C16H33NO4/c1-3-4-5-6-7-8-9-10-17-12(2)15(20)16(21)14(17)13(19)11-18/h12-16,18-21H,3-11H2,1-2H3/t12-,13-,14-,15+,16-/m0/s1. The number of likely N-dealkylation sites (tertiary alicyclic amines) is 1. The van der Waals surface area contributed by atoms with Crippen molar-refractivity contribution < 1.29 is 20.4 Å². The van der Waals surface area contributed by atoms with Gasteiger partial charge in [0.2, 0.25) is 0 Å². The van der Waals surface area contributed by atoms with E-state index in [1.807, 2.05) is 11.8 Å². The molecule has 0 aromatic rings. The van der Waals surface area contributed by atoms with Gasteiger partial charge in [0.05, 0.1) is 31.0 Å². The highest BCUT2D eigenvalue weighted by molar-refractivity contribution is 5.01. The number of hydrogen-bond acceptors (Lipinski definition) is 5. The molecule has 0 spiro atoms. The third-order valence-corrected chi connectivity index (χ3v) is 4.70.